The van der Waals surface area contributed by atoms with E-state index in [2.05, 4.69) is 15.3 Å². The van der Waals surface area contributed by atoms with Crippen LogP contribution in [0, 0.1) is 0 Å². The molecule has 0 saturated carbocycles. The number of hydrogen-bond donors (Lipinski definition) is 3. The SMILES string of the molecule is CNC(=O)c1nc(-c2cccc(N(C(=O)O)C(C)(C)C)c2)cnc1N. The lowest BCUT2D eigenvalue weighted by atomic mass is 10.0. The first-order chi connectivity index (χ1) is 11.6. The molecule has 1 aromatic heterocycles. The molecule has 0 aliphatic rings. The Bertz CT molecular complexity index is 814. The molecule has 2 amide bonds. The number of anilines is 2. The molecular weight excluding hydrogens is 322 g/mol. The highest BCUT2D eigenvalue weighted by Gasteiger charge is 2.28. The third-order valence-corrected chi connectivity index (χ3v) is 3.51. The highest BCUT2D eigenvalue weighted by Crippen LogP contribution is 2.28. The molecule has 1 aromatic carbocycles. The predicted octanol–water partition coefficient (Wildman–Crippen LogP) is 2.37. The Kier molecular flexibility index (Phi) is 4.92. The highest BCUT2D eigenvalue weighted by atomic mass is 16.4. The van der Waals surface area contributed by atoms with E-state index in [0.717, 1.165) is 0 Å². The molecular formula is C17H21N5O3. The molecule has 0 radical (unpaired) electrons. The van der Waals surface area contributed by atoms with Crippen LogP contribution in [0.15, 0.2) is 30.5 Å². The zero-order chi connectivity index (χ0) is 18.8. The third kappa shape index (κ3) is 3.85. The fraction of sp³-hybridized carbons (Fsp3) is 0.294. The summed E-state index contributed by atoms with van der Waals surface area (Å²) in [6.45, 7) is 5.42. The number of nitrogens with one attached hydrogen (secondary N) is 1. The van der Waals surface area contributed by atoms with Gasteiger partial charge in [0, 0.05) is 23.8 Å². The van der Waals surface area contributed by atoms with Crippen molar-refractivity contribution in [1.29, 1.82) is 0 Å². The standard InChI is InChI=1S/C17H21N5O3/c1-17(2,3)22(16(24)25)11-7-5-6-10(8-11)12-9-20-14(18)13(21-12)15(23)19-4/h5-9H,1-4H3,(H2,18,20)(H,19,23)(H,24,25). The summed E-state index contributed by atoms with van der Waals surface area (Å²) >= 11 is 0. The molecule has 0 spiro atoms. The van der Waals surface area contributed by atoms with E-state index >= 15 is 0 Å². The Labute approximate surface area is 145 Å². The summed E-state index contributed by atoms with van der Waals surface area (Å²) in [5.41, 5.74) is 6.66. The van der Waals surface area contributed by atoms with Crippen LogP contribution in [0.4, 0.5) is 16.3 Å². The lowest BCUT2D eigenvalue weighted by molar-refractivity contribution is 0.0959. The number of hydrogen-bond acceptors (Lipinski definition) is 5. The molecule has 25 heavy (non-hydrogen) atoms. The van der Waals surface area contributed by atoms with Crippen molar-refractivity contribution in [2.75, 3.05) is 17.7 Å². The van der Waals surface area contributed by atoms with Gasteiger partial charge in [0.05, 0.1) is 11.9 Å². The van der Waals surface area contributed by atoms with Gasteiger partial charge in [-0.25, -0.2) is 14.8 Å². The zero-order valence-electron chi connectivity index (χ0n) is 14.6. The number of nitrogens with two attached hydrogens (primary N) is 1. The number of carbonyl (C=O) groups excluding carboxylic acids is 1. The molecule has 0 bridgehead atoms. The third-order valence-electron chi connectivity index (χ3n) is 3.51. The first-order valence-corrected chi connectivity index (χ1v) is 7.63. The maximum Gasteiger partial charge on any atom is 0.412 e. The fourth-order valence-corrected chi connectivity index (χ4v) is 2.41. The van der Waals surface area contributed by atoms with Crippen LogP contribution in [0.25, 0.3) is 11.3 Å². The van der Waals surface area contributed by atoms with E-state index in [-0.39, 0.29) is 11.5 Å². The van der Waals surface area contributed by atoms with E-state index in [1.165, 1.54) is 18.1 Å². The number of nitrogens with zero attached hydrogens (tertiary/aromatic N) is 3. The first-order valence-electron chi connectivity index (χ1n) is 7.63. The second-order valence-electron chi connectivity index (χ2n) is 6.41. The maximum atomic E-state index is 11.8. The normalized spacial score (nSPS) is 11.0. The van der Waals surface area contributed by atoms with E-state index < -0.39 is 17.5 Å². The van der Waals surface area contributed by atoms with Crippen LogP contribution in [-0.2, 0) is 0 Å². The van der Waals surface area contributed by atoms with Gasteiger partial charge in [-0.15, -0.1) is 0 Å². The molecule has 2 aromatic rings. The lowest BCUT2D eigenvalue weighted by Crippen LogP contribution is -2.45. The Morgan fingerprint density at radius 2 is 1.96 bits per heavy atom. The molecule has 8 heteroatoms. The molecule has 1 heterocycles. The average molecular weight is 343 g/mol. The fourth-order valence-electron chi connectivity index (χ4n) is 2.41. The van der Waals surface area contributed by atoms with Crippen LogP contribution in [0.2, 0.25) is 0 Å². The van der Waals surface area contributed by atoms with Gasteiger partial charge < -0.3 is 16.2 Å². The van der Waals surface area contributed by atoms with Gasteiger partial charge in [-0.3, -0.25) is 9.69 Å². The largest absolute Gasteiger partial charge is 0.465 e. The van der Waals surface area contributed by atoms with E-state index in [1.807, 2.05) is 0 Å². The van der Waals surface area contributed by atoms with Crippen LogP contribution < -0.4 is 16.0 Å². The van der Waals surface area contributed by atoms with Gasteiger partial charge in [0.2, 0.25) is 0 Å². The van der Waals surface area contributed by atoms with Gasteiger partial charge in [0.25, 0.3) is 5.91 Å². The molecule has 8 nitrogen and oxygen atoms in total. The molecule has 0 aliphatic carbocycles. The van der Waals surface area contributed by atoms with Crippen molar-refractivity contribution in [1.82, 2.24) is 15.3 Å². The number of nitrogen functional groups attached to an aromatic ring is 1. The zero-order valence-corrected chi connectivity index (χ0v) is 14.6. The average Bonchev–Trinajstić information content (AvgIpc) is 2.53. The number of benzene rings is 1. The van der Waals surface area contributed by atoms with E-state index in [0.29, 0.717) is 16.9 Å². The monoisotopic (exact) mass is 343 g/mol. The minimum Gasteiger partial charge on any atom is -0.465 e. The summed E-state index contributed by atoms with van der Waals surface area (Å²) in [5, 5.41) is 12.0. The van der Waals surface area contributed by atoms with Crippen molar-refractivity contribution in [3.8, 4) is 11.3 Å². The van der Waals surface area contributed by atoms with Gasteiger partial charge in [-0.05, 0) is 32.9 Å². The second-order valence-corrected chi connectivity index (χ2v) is 6.41. The number of amides is 2. The number of aromatic nitrogens is 2. The quantitative estimate of drug-likeness (QED) is 0.786. The van der Waals surface area contributed by atoms with Gasteiger partial charge in [-0.1, -0.05) is 12.1 Å². The highest BCUT2D eigenvalue weighted by molar-refractivity contribution is 5.96. The Hall–Kier alpha value is -3.16. The number of carboxylic acid groups (broad SMARTS) is 1. The topological polar surface area (TPSA) is 121 Å². The number of rotatable bonds is 3. The van der Waals surface area contributed by atoms with Crippen LogP contribution in [-0.4, -0.2) is 39.7 Å². The molecule has 4 N–H and O–H groups in total. The van der Waals surface area contributed by atoms with Crippen molar-refractivity contribution in [3.63, 3.8) is 0 Å². The molecule has 2 rings (SSSR count). The summed E-state index contributed by atoms with van der Waals surface area (Å²) in [6.07, 6.45) is 0.391. The first kappa shape index (κ1) is 18.2. The summed E-state index contributed by atoms with van der Waals surface area (Å²) in [5.74, 6) is -0.411. The van der Waals surface area contributed by atoms with Crippen molar-refractivity contribution >= 4 is 23.5 Å². The minimum absolute atomic E-state index is 0.0244. The smallest absolute Gasteiger partial charge is 0.412 e. The molecule has 0 saturated heterocycles. The van der Waals surface area contributed by atoms with Gasteiger partial charge in [-0.2, -0.15) is 0 Å². The van der Waals surface area contributed by atoms with Crippen molar-refractivity contribution in [2.45, 2.75) is 26.3 Å². The van der Waals surface area contributed by atoms with Gasteiger partial charge in [0.15, 0.2) is 11.5 Å². The summed E-state index contributed by atoms with van der Waals surface area (Å²) in [7, 11) is 1.48. The molecule has 0 atom stereocenters. The maximum absolute atomic E-state index is 11.8. The molecule has 132 valence electrons. The van der Waals surface area contributed by atoms with Gasteiger partial charge in [0.1, 0.15) is 0 Å². The van der Waals surface area contributed by atoms with E-state index in [1.54, 1.807) is 45.0 Å². The molecule has 0 unspecified atom stereocenters. The predicted molar refractivity (Wildman–Crippen MR) is 95.5 cm³/mol. The van der Waals surface area contributed by atoms with Crippen LogP contribution in [0.3, 0.4) is 0 Å². The van der Waals surface area contributed by atoms with Crippen molar-refractivity contribution in [2.24, 2.45) is 0 Å². The van der Waals surface area contributed by atoms with Gasteiger partial charge >= 0.3 is 6.09 Å². The molecule has 0 aliphatic heterocycles. The van der Waals surface area contributed by atoms with E-state index in [4.69, 9.17) is 5.73 Å². The van der Waals surface area contributed by atoms with Crippen LogP contribution in [0.5, 0.6) is 0 Å². The Morgan fingerprint density at radius 3 is 2.52 bits per heavy atom. The van der Waals surface area contributed by atoms with E-state index in [9.17, 15) is 14.7 Å². The Morgan fingerprint density at radius 1 is 1.28 bits per heavy atom. The van der Waals surface area contributed by atoms with Crippen LogP contribution >= 0.6 is 0 Å². The van der Waals surface area contributed by atoms with Crippen LogP contribution in [0.1, 0.15) is 31.3 Å². The second kappa shape index (κ2) is 6.76. The molecule has 0 fully saturated rings. The number of carbonyl (C=O) groups is 2. The van der Waals surface area contributed by atoms with Crippen molar-refractivity contribution < 1.29 is 14.7 Å². The minimum atomic E-state index is -1.06. The summed E-state index contributed by atoms with van der Waals surface area (Å²) in [6, 6.07) is 6.88. The summed E-state index contributed by atoms with van der Waals surface area (Å²) < 4.78 is 0. The lowest BCUT2D eigenvalue weighted by Gasteiger charge is -2.33. The Balaban J connectivity index is 2.52. The summed E-state index contributed by atoms with van der Waals surface area (Å²) in [4.78, 5) is 33.0. The van der Waals surface area contributed by atoms with Crippen molar-refractivity contribution in [3.05, 3.63) is 36.2 Å².